The summed E-state index contributed by atoms with van der Waals surface area (Å²) in [7, 11) is 0. The van der Waals surface area contributed by atoms with E-state index in [0.717, 1.165) is 16.7 Å². The average molecular weight is 469 g/mol. The first-order chi connectivity index (χ1) is 15.3. The molecule has 4 aromatic rings. The lowest BCUT2D eigenvalue weighted by Crippen LogP contribution is -2.15. The van der Waals surface area contributed by atoms with Gasteiger partial charge in [0, 0.05) is 11.6 Å². The summed E-state index contributed by atoms with van der Waals surface area (Å²) < 4.78 is 20.6. The number of aryl methyl sites for hydroxylation is 1. The molecule has 0 aliphatic heterocycles. The molecule has 7 heteroatoms. The van der Waals surface area contributed by atoms with Gasteiger partial charge in [0.05, 0.1) is 27.3 Å². The molecule has 0 aliphatic carbocycles. The van der Waals surface area contributed by atoms with Gasteiger partial charge in [0.2, 0.25) is 5.88 Å². The molecule has 0 saturated carbocycles. The quantitative estimate of drug-likeness (QED) is 0.292. The maximum Gasteiger partial charge on any atom is 0.344 e. The largest absolute Gasteiger partial charge is 0.404 e. The fraction of sp³-hybridized carbons (Fsp3) is 0.120. The summed E-state index contributed by atoms with van der Waals surface area (Å²) in [6, 6.07) is 19.7. The summed E-state index contributed by atoms with van der Waals surface area (Å²) in [5, 5.41) is 5.61. The van der Waals surface area contributed by atoms with Crippen LogP contribution in [0.1, 0.15) is 34.5 Å². The maximum absolute atomic E-state index is 13.2. The van der Waals surface area contributed by atoms with E-state index in [1.807, 2.05) is 44.2 Å². The van der Waals surface area contributed by atoms with Crippen LogP contribution in [-0.2, 0) is 0 Å². The summed E-state index contributed by atoms with van der Waals surface area (Å²) in [5.74, 6) is -0.776. The molecular weight excluding hydrogens is 450 g/mol. The Kier molecular flexibility index (Phi) is 6.31. The molecule has 1 aromatic heterocycles. The average Bonchev–Trinajstić information content (AvgIpc) is 3.19. The number of nitrogens with zero attached hydrogens (tertiary/aromatic N) is 2. The lowest BCUT2D eigenvalue weighted by Gasteiger charge is -2.16. The number of benzene rings is 3. The number of esters is 1. The number of carbonyl (C=O) groups is 1. The van der Waals surface area contributed by atoms with Crippen LogP contribution in [-0.4, -0.2) is 15.7 Å². The van der Waals surface area contributed by atoms with Crippen LogP contribution in [0.4, 0.5) is 4.39 Å². The normalized spacial score (nSPS) is 11.9. The predicted molar refractivity (Wildman–Crippen MR) is 124 cm³/mol. The number of hydrogen-bond donors (Lipinski definition) is 0. The van der Waals surface area contributed by atoms with E-state index < -0.39 is 11.8 Å². The molecule has 32 heavy (non-hydrogen) atoms. The van der Waals surface area contributed by atoms with Crippen LogP contribution in [0.5, 0.6) is 5.88 Å². The van der Waals surface area contributed by atoms with Gasteiger partial charge in [0.25, 0.3) is 0 Å². The fourth-order valence-electron chi connectivity index (χ4n) is 3.38. The Balaban J connectivity index is 1.76. The maximum atomic E-state index is 13.2. The van der Waals surface area contributed by atoms with E-state index in [2.05, 4.69) is 0 Å². The van der Waals surface area contributed by atoms with Crippen molar-refractivity contribution in [3.63, 3.8) is 0 Å². The van der Waals surface area contributed by atoms with Crippen molar-refractivity contribution in [1.82, 2.24) is 9.78 Å². The van der Waals surface area contributed by atoms with Crippen LogP contribution in [0, 0.1) is 12.7 Å². The van der Waals surface area contributed by atoms with E-state index >= 15 is 0 Å². The number of ether oxygens (including phenoxy) is 1. The molecule has 0 saturated heterocycles. The van der Waals surface area contributed by atoms with Crippen molar-refractivity contribution in [2.24, 2.45) is 0 Å². The summed E-state index contributed by atoms with van der Waals surface area (Å²) in [4.78, 5) is 12.7. The first kappa shape index (κ1) is 22.1. The molecule has 1 heterocycles. The Labute approximate surface area is 195 Å². The van der Waals surface area contributed by atoms with Crippen molar-refractivity contribution in [3.8, 4) is 17.1 Å². The molecule has 0 amide bonds. The molecule has 1 unspecified atom stereocenters. The zero-order valence-electron chi connectivity index (χ0n) is 17.4. The van der Waals surface area contributed by atoms with E-state index in [1.54, 1.807) is 22.9 Å². The lowest BCUT2D eigenvalue weighted by molar-refractivity contribution is 0.0716. The van der Waals surface area contributed by atoms with E-state index in [9.17, 15) is 9.18 Å². The van der Waals surface area contributed by atoms with Crippen LogP contribution in [0.3, 0.4) is 0 Å². The third-order valence-corrected chi connectivity index (χ3v) is 5.93. The van der Waals surface area contributed by atoms with Gasteiger partial charge < -0.3 is 4.74 Å². The van der Waals surface area contributed by atoms with Gasteiger partial charge in [0.1, 0.15) is 5.82 Å². The molecule has 0 radical (unpaired) electrons. The van der Waals surface area contributed by atoms with Gasteiger partial charge in [-0.05, 0) is 61.4 Å². The number of rotatable bonds is 5. The minimum absolute atomic E-state index is 0.235. The molecule has 0 N–H and O–H groups in total. The van der Waals surface area contributed by atoms with Crippen molar-refractivity contribution < 1.29 is 13.9 Å². The molecular formula is C25H19Cl2FN2O2. The van der Waals surface area contributed by atoms with Crippen molar-refractivity contribution in [1.29, 1.82) is 0 Å². The predicted octanol–water partition coefficient (Wildman–Crippen LogP) is 7.13. The van der Waals surface area contributed by atoms with E-state index in [0.29, 0.717) is 15.7 Å². The summed E-state index contributed by atoms with van der Waals surface area (Å²) >= 11 is 12.3. The van der Waals surface area contributed by atoms with Gasteiger partial charge in [-0.25, -0.2) is 13.9 Å². The Bertz CT molecular complexity index is 1290. The first-order valence-electron chi connectivity index (χ1n) is 9.91. The highest BCUT2D eigenvalue weighted by atomic mass is 35.5. The molecule has 4 rings (SSSR count). The van der Waals surface area contributed by atoms with Gasteiger partial charge >= 0.3 is 5.97 Å². The zero-order valence-corrected chi connectivity index (χ0v) is 18.9. The molecule has 0 fully saturated rings. The van der Waals surface area contributed by atoms with Gasteiger partial charge in [0.15, 0.2) is 0 Å². The highest BCUT2D eigenvalue weighted by Crippen LogP contribution is 2.33. The monoisotopic (exact) mass is 468 g/mol. The lowest BCUT2D eigenvalue weighted by atomic mass is 10.1. The summed E-state index contributed by atoms with van der Waals surface area (Å²) in [5.41, 5.74) is 3.70. The van der Waals surface area contributed by atoms with Gasteiger partial charge in [-0.1, -0.05) is 53.5 Å². The Morgan fingerprint density at radius 3 is 2.41 bits per heavy atom. The van der Waals surface area contributed by atoms with Crippen LogP contribution in [0.25, 0.3) is 11.3 Å². The van der Waals surface area contributed by atoms with Gasteiger partial charge in [-0.3, -0.25) is 0 Å². The van der Waals surface area contributed by atoms with Crippen LogP contribution in [0.15, 0.2) is 72.8 Å². The minimum Gasteiger partial charge on any atom is -0.404 e. The number of carbonyl (C=O) groups excluding carboxylic acids is 1. The van der Waals surface area contributed by atoms with Gasteiger partial charge in [-0.2, -0.15) is 5.10 Å². The van der Waals surface area contributed by atoms with Crippen molar-refractivity contribution >= 4 is 29.2 Å². The molecule has 3 aromatic carbocycles. The summed E-state index contributed by atoms with van der Waals surface area (Å²) in [6.45, 7) is 3.91. The Hall–Kier alpha value is -3.15. The molecule has 1 atom stereocenters. The SMILES string of the molecule is Cc1ccccc1-c1cc(OC(=O)c2ccc(F)cc2)n(C(C)c2ccc(Cl)c(Cl)c2)n1. The minimum atomic E-state index is -0.608. The second-order valence-electron chi connectivity index (χ2n) is 7.37. The van der Waals surface area contributed by atoms with Crippen molar-refractivity contribution in [3.05, 3.63) is 105 Å². The molecule has 162 valence electrons. The second-order valence-corrected chi connectivity index (χ2v) is 8.19. The third kappa shape index (κ3) is 4.54. The molecule has 0 aliphatic rings. The standard InChI is InChI=1S/C25H19Cl2FN2O2/c1-15-5-3-4-6-20(15)23-14-24(32-25(31)17-7-10-19(28)11-8-17)30(29-23)16(2)18-9-12-21(26)22(27)13-18/h3-14,16H,1-2H3. The molecule has 0 bridgehead atoms. The van der Waals surface area contributed by atoms with Crippen LogP contribution >= 0.6 is 23.2 Å². The molecule has 0 spiro atoms. The highest BCUT2D eigenvalue weighted by molar-refractivity contribution is 6.42. The van der Waals surface area contributed by atoms with E-state index in [-0.39, 0.29) is 17.5 Å². The third-order valence-electron chi connectivity index (χ3n) is 5.19. The second kappa shape index (κ2) is 9.15. The molecule has 4 nitrogen and oxygen atoms in total. The van der Waals surface area contributed by atoms with Crippen LogP contribution in [0.2, 0.25) is 10.0 Å². The van der Waals surface area contributed by atoms with Crippen molar-refractivity contribution in [2.45, 2.75) is 19.9 Å². The number of aromatic nitrogens is 2. The Morgan fingerprint density at radius 2 is 1.72 bits per heavy atom. The smallest absolute Gasteiger partial charge is 0.344 e. The Morgan fingerprint density at radius 1 is 1.00 bits per heavy atom. The summed E-state index contributed by atoms with van der Waals surface area (Å²) in [6.07, 6.45) is 0. The van der Waals surface area contributed by atoms with Gasteiger partial charge in [-0.15, -0.1) is 0 Å². The first-order valence-corrected chi connectivity index (χ1v) is 10.7. The fourth-order valence-corrected chi connectivity index (χ4v) is 3.68. The zero-order chi connectivity index (χ0) is 22.8. The number of halogens is 3. The van der Waals surface area contributed by atoms with Crippen LogP contribution < -0.4 is 4.74 Å². The highest BCUT2D eigenvalue weighted by Gasteiger charge is 2.21. The van der Waals surface area contributed by atoms with E-state index in [4.69, 9.17) is 33.0 Å². The number of hydrogen-bond acceptors (Lipinski definition) is 3. The van der Waals surface area contributed by atoms with Crippen molar-refractivity contribution in [2.75, 3.05) is 0 Å². The topological polar surface area (TPSA) is 44.1 Å². The van der Waals surface area contributed by atoms with E-state index in [1.165, 1.54) is 24.3 Å².